The molecule has 1 saturated heterocycles. The number of guanidine groups is 1. The van der Waals surface area contributed by atoms with Gasteiger partial charge in [-0.2, -0.15) is 0 Å². The Balaban J connectivity index is 1.49. The van der Waals surface area contributed by atoms with Gasteiger partial charge in [0.25, 0.3) is 5.91 Å². The minimum Gasteiger partial charge on any atom is -0.369 e. The Morgan fingerprint density at radius 1 is 1.17 bits per heavy atom. The number of amides is 1. The van der Waals surface area contributed by atoms with Crippen molar-refractivity contribution in [2.75, 3.05) is 38.6 Å². The van der Waals surface area contributed by atoms with E-state index < -0.39 is 0 Å². The van der Waals surface area contributed by atoms with Crippen LogP contribution in [0, 0.1) is 0 Å². The molecule has 0 radical (unpaired) electrons. The van der Waals surface area contributed by atoms with Gasteiger partial charge >= 0.3 is 0 Å². The van der Waals surface area contributed by atoms with Gasteiger partial charge in [-0.05, 0) is 49.1 Å². The molecular weight excluding hydrogens is 362 g/mol. The summed E-state index contributed by atoms with van der Waals surface area (Å²) in [6.07, 6.45) is 3.13. The number of hydrogen-bond donors (Lipinski definition) is 3. The maximum atomic E-state index is 11.8. The largest absolute Gasteiger partial charge is 0.369 e. The van der Waals surface area contributed by atoms with Gasteiger partial charge < -0.3 is 20.9 Å². The van der Waals surface area contributed by atoms with Crippen LogP contribution in [0.5, 0.6) is 0 Å². The molecule has 1 amide bonds. The zero-order valence-corrected chi connectivity index (χ0v) is 17.3. The summed E-state index contributed by atoms with van der Waals surface area (Å²) in [6.45, 7) is 2.82. The first-order valence-corrected chi connectivity index (χ1v) is 10.3. The van der Waals surface area contributed by atoms with Gasteiger partial charge in [0.05, 0.1) is 0 Å². The molecule has 0 bridgehead atoms. The molecule has 1 atom stereocenters. The molecule has 6 nitrogen and oxygen atoms in total. The predicted octanol–water partition coefficient (Wildman–Crippen LogP) is 2.42. The van der Waals surface area contributed by atoms with Crippen LogP contribution in [0.1, 0.15) is 28.8 Å². The number of anilines is 1. The summed E-state index contributed by atoms with van der Waals surface area (Å²) >= 11 is 0. The maximum absolute atomic E-state index is 11.8. The number of nitrogens with one attached hydrogen (secondary N) is 3. The number of nitrogens with zero attached hydrogens (tertiary/aromatic N) is 2. The van der Waals surface area contributed by atoms with Gasteiger partial charge in [0.2, 0.25) is 0 Å². The topological polar surface area (TPSA) is 68.8 Å². The number of carbonyl (C=O) groups is 1. The van der Waals surface area contributed by atoms with E-state index >= 15 is 0 Å². The average molecular weight is 394 g/mol. The zero-order chi connectivity index (χ0) is 20.5. The van der Waals surface area contributed by atoms with Crippen molar-refractivity contribution in [2.24, 2.45) is 4.99 Å². The Bertz CT molecular complexity index is 821. The minimum absolute atomic E-state index is 0.0578. The van der Waals surface area contributed by atoms with Crippen LogP contribution in [0.3, 0.4) is 0 Å². The Labute approximate surface area is 173 Å². The van der Waals surface area contributed by atoms with Gasteiger partial charge in [-0.15, -0.1) is 0 Å². The monoisotopic (exact) mass is 393 g/mol. The van der Waals surface area contributed by atoms with E-state index in [1.165, 1.54) is 5.69 Å². The summed E-state index contributed by atoms with van der Waals surface area (Å²) in [7, 11) is 3.45. The van der Waals surface area contributed by atoms with Crippen LogP contribution >= 0.6 is 0 Å². The van der Waals surface area contributed by atoms with E-state index in [1.807, 2.05) is 24.3 Å². The fraction of sp³-hybridized carbons (Fsp3) is 0.391. The van der Waals surface area contributed by atoms with E-state index in [9.17, 15) is 4.79 Å². The van der Waals surface area contributed by atoms with Crippen molar-refractivity contribution in [1.29, 1.82) is 0 Å². The Morgan fingerprint density at radius 3 is 2.76 bits per heavy atom. The van der Waals surface area contributed by atoms with Gasteiger partial charge in [-0.3, -0.25) is 9.79 Å². The second kappa shape index (κ2) is 10.5. The van der Waals surface area contributed by atoms with Crippen LogP contribution in [-0.4, -0.2) is 51.6 Å². The number of benzene rings is 2. The molecule has 1 aliphatic rings. The predicted molar refractivity (Wildman–Crippen MR) is 120 cm³/mol. The normalized spacial score (nSPS) is 17.0. The quantitative estimate of drug-likeness (QED) is 0.521. The SMILES string of the molecule is CN=C(NCCc1cccc(C(=O)NC)c1)NC1CCCN(c2ccccc2)C1. The molecule has 1 heterocycles. The highest BCUT2D eigenvalue weighted by molar-refractivity contribution is 5.94. The van der Waals surface area contributed by atoms with E-state index in [0.29, 0.717) is 11.6 Å². The molecule has 1 aliphatic heterocycles. The lowest BCUT2D eigenvalue weighted by molar-refractivity contribution is 0.0963. The summed E-state index contributed by atoms with van der Waals surface area (Å²) in [5, 5.41) is 9.63. The number of piperidine rings is 1. The van der Waals surface area contributed by atoms with Gasteiger partial charge in [-0.25, -0.2) is 0 Å². The Morgan fingerprint density at radius 2 is 2.00 bits per heavy atom. The van der Waals surface area contributed by atoms with Crippen LogP contribution < -0.4 is 20.9 Å². The van der Waals surface area contributed by atoms with E-state index in [1.54, 1.807) is 14.1 Å². The number of carbonyl (C=O) groups excluding carboxylic acids is 1. The highest BCUT2D eigenvalue weighted by atomic mass is 16.1. The van der Waals surface area contributed by atoms with Gasteiger partial charge in [0.15, 0.2) is 5.96 Å². The maximum Gasteiger partial charge on any atom is 0.251 e. The summed E-state index contributed by atoms with van der Waals surface area (Å²) < 4.78 is 0. The van der Waals surface area contributed by atoms with E-state index in [0.717, 1.165) is 50.4 Å². The van der Waals surface area contributed by atoms with Crippen molar-refractivity contribution >= 4 is 17.6 Å². The van der Waals surface area contributed by atoms with Crippen LogP contribution in [0.4, 0.5) is 5.69 Å². The van der Waals surface area contributed by atoms with Gasteiger partial charge in [-0.1, -0.05) is 30.3 Å². The first kappa shape index (κ1) is 20.7. The van der Waals surface area contributed by atoms with Crippen LogP contribution in [-0.2, 0) is 6.42 Å². The lowest BCUT2D eigenvalue weighted by Gasteiger charge is -2.35. The highest BCUT2D eigenvalue weighted by Gasteiger charge is 2.20. The fourth-order valence-corrected chi connectivity index (χ4v) is 3.69. The average Bonchev–Trinajstić information content (AvgIpc) is 2.79. The molecule has 0 saturated carbocycles. The smallest absolute Gasteiger partial charge is 0.251 e. The molecule has 2 aromatic carbocycles. The summed E-state index contributed by atoms with van der Waals surface area (Å²) in [5.41, 5.74) is 3.09. The van der Waals surface area contributed by atoms with E-state index in [4.69, 9.17) is 0 Å². The van der Waals surface area contributed by atoms with Crippen molar-refractivity contribution in [3.63, 3.8) is 0 Å². The summed E-state index contributed by atoms with van der Waals surface area (Å²) in [4.78, 5) is 18.6. The molecule has 154 valence electrons. The fourth-order valence-electron chi connectivity index (χ4n) is 3.69. The Kier molecular flexibility index (Phi) is 7.50. The molecule has 3 rings (SSSR count). The summed E-state index contributed by atoms with van der Waals surface area (Å²) in [6, 6.07) is 18.7. The molecular formula is C23H31N5O. The summed E-state index contributed by atoms with van der Waals surface area (Å²) in [5.74, 6) is 0.768. The van der Waals surface area contributed by atoms with Crippen LogP contribution in [0.15, 0.2) is 59.6 Å². The van der Waals surface area contributed by atoms with Crippen molar-refractivity contribution in [2.45, 2.75) is 25.3 Å². The highest BCUT2D eigenvalue weighted by Crippen LogP contribution is 2.19. The molecule has 3 N–H and O–H groups in total. The number of para-hydroxylation sites is 1. The van der Waals surface area contributed by atoms with Gasteiger partial charge in [0, 0.05) is 51.0 Å². The van der Waals surface area contributed by atoms with Gasteiger partial charge in [0.1, 0.15) is 0 Å². The van der Waals surface area contributed by atoms with E-state index in [-0.39, 0.29) is 5.91 Å². The molecule has 2 aromatic rings. The third-order valence-electron chi connectivity index (χ3n) is 5.23. The van der Waals surface area contributed by atoms with E-state index in [2.05, 4.69) is 56.2 Å². The molecule has 1 fully saturated rings. The lowest BCUT2D eigenvalue weighted by atomic mass is 10.0. The minimum atomic E-state index is -0.0578. The van der Waals surface area contributed by atoms with Crippen LogP contribution in [0.2, 0.25) is 0 Å². The van der Waals surface area contributed by atoms with Crippen molar-refractivity contribution < 1.29 is 4.79 Å². The number of hydrogen-bond acceptors (Lipinski definition) is 3. The molecule has 29 heavy (non-hydrogen) atoms. The number of rotatable bonds is 6. The second-order valence-electron chi connectivity index (χ2n) is 7.29. The first-order valence-electron chi connectivity index (χ1n) is 10.3. The lowest BCUT2D eigenvalue weighted by Crippen LogP contribution is -2.51. The zero-order valence-electron chi connectivity index (χ0n) is 17.3. The molecule has 1 unspecified atom stereocenters. The Hall–Kier alpha value is -3.02. The number of aliphatic imine (C=N–C) groups is 1. The third-order valence-corrected chi connectivity index (χ3v) is 5.23. The standard InChI is InChI=1S/C23H31N5O/c1-24-22(29)19-9-6-8-18(16-19)13-14-26-23(25-2)27-20-10-7-15-28(17-20)21-11-4-3-5-12-21/h3-6,8-9,11-12,16,20H,7,10,13-15,17H2,1-2H3,(H,24,29)(H2,25,26,27). The molecule has 0 aromatic heterocycles. The molecule has 6 heteroatoms. The van der Waals surface area contributed by atoms with Crippen LogP contribution in [0.25, 0.3) is 0 Å². The molecule has 0 aliphatic carbocycles. The third kappa shape index (κ3) is 5.98. The molecule has 0 spiro atoms. The van der Waals surface area contributed by atoms with Crippen molar-refractivity contribution in [3.8, 4) is 0 Å². The van der Waals surface area contributed by atoms with Crippen molar-refractivity contribution in [3.05, 3.63) is 65.7 Å². The second-order valence-corrected chi connectivity index (χ2v) is 7.29. The first-order chi connectivity index (χ1) is 14.2. The van der Waals surface area contributed by atoms with Crippen molar-refractivity contribution in [1.82, 2.24) is 16.0 Å².